The molecule has 2 aromatic carbocycles. The predicted octanol–water partition coefficient (Wildman–Crippen LogP) is 5.22. The highest BCUT2D eigenvalue weighted by Gasteiger charge is 2.34. The van der Waals surface area contributed by atoms with Crippen LogP contribution in [0, 0.1) is 0 Å². The SMILES string of the molecule is FC(F)(F)c1cc(C2CCCCN2)c2ccc3ccccc3c2n1. The van der Waals surface area contributed by atoms with Gasteiger partial charge in [0, 0.05) is 16.8 Å². The van der Waals surface area contributed by atoms with Crippen molar-refractivity contribution < 1.29 is 13.2 Å². The highest BCUT2D eigenvalue weighted by atomic mass is 19.4. The molecule has 0 bridgehead atoms. The average molecular weight is 330 g/mol. The molecule has 24 heavy (non-hydrogen) atoms. The van der Waals surface area contributed by atoms with Crippen molar-refractivity contribution >= 4 is 21.7 Å². The van der Waals surface area contributed by atoms with Gasteiger partial charge in [0.15, 0.2) is 0 Å². The fourth-order valence-corrected chi connectivity index (χ4v) is 3.54. The zero-order chi connectivity index (χ0) is 16.7. The largest absolute Gasteiger partial charge is 0.433 e. The summed E-state index contributed by atoms with van der Waals surface area (Å²) >= 11 is 0. The van der Waals surface area contributed by atoms with E-state index in [1.807, 2.05) is 36.4 Å². The maximum absolute atomic E-state index is 13.4. The van der Waals surface area contributed by atoms with Crippen molar-refractivity contribution in [3.63, 3.8) is 0 Å². The number of aromatic nitrogens is 1. The maximum atomic E-state index is 13.4. The molecular formula is C19H17F3N2. The highest BCUT2D eigenvalue weighted by molar-refractivity contribution is 6.06. The normalized spacial score (nSPS) is 19.0. The fraction of sp³-hybridized carbons (Fsp3) is 0.316. The Hall–Kier alpha value is -2.14. The van der Waals surface area contributed by atoms with Gasteiger partial charge < -0.3 is 5.32 Å². The van der Waals surface area contributed by atoms with Gasteiger partial charge in [-0.05, 0) is 36.4 Å². The third kappa shape index (κ3) is 2.63. The molecule has 1 saturated heterocycles. The van der Waals surface area contributed by atoms with Crippen LogP contribution in [-0.4, -0.2) is 11.5 Å². The van der Waals surface area contributed by atoms with Crippen molar-refractivity contribution in [3.05, 3.63) is 53.7 Å². The first-order chi connectivity index (χ1) is 11.5. The summed E-state index contributed by atoms with van der Waals surface area (Å²) in [6.07, 6.45) is -1.51. The topological polar surface area (TPSA) is 24.9 Å². The Morgan fingerprint density at radius 1 is 1.00 bits per heavy atom. The number of hydrogen-bond acceptors (Lipinski definition) is 2. The summed E-state index contributed by atoms with van der Waals surface area (Å²) in [5.41, 5.74) is 0.330. The zero-order valence-corrected chi connectivity index (χ0v) is 13.0. The standard InChI is InChI=1S/C19H17F3N2/c20-19(21,22)17-11-15(16-7-3-4-10-23-16)14-9-8-12-5-1-2-6-13(12)18(14)24-17/h1-2,5-6,8-9,11,16,23H,3-4,7,10H2. The Kier molecular flexibility index (Phi) is 3.68. The Bertz CT molecular complexity index is 896. The molecule has 1 aliphatic heterocycles. The van der Waals surface area contributed by atoms with Crippen LogP contribution in [0.25, 0.3) is 21.7 Å². The summed E-state index contributed by atoms with van der Waals surface area (Å²) in [7, 11) is 0. The van der Waals surface area contributed by atoms with Gasteiger partial charge >= 0.3 is 6.18 Å². The summed E-state index contributed by atoms with van der Waals surface area (Å²) in [5.74, 6) is 0. The quantitative estimate of drug-likeness (QED) is 0.619. The molecule has 124 valence electrons. The number of rotatable bonds is 1. The highest BCUT2D eigenvalue weighted by Crippen LogP contribution is 2.37. The molecule has 0 aliphatic carbocycles. The molecule has 5 heteroatoms. The van der Waals surface area contributed by atoms with E-state index in [2.05, 4.69) is 10.3 Å². The lowest BCUT2D eigenvalue weighted by Gasteiger charge is -2.26. The summed E-state index contributed by atoms with van der Waals surface area (Å²) in [6.45, 7) is 0.837. The second kappa shape index (κ2) is 5.74. The van der Waals surface area contributed by atoms with Gasteiger partial charge in [-0.2, -0.15) is 13.2 Å². The lowest BCUT2D eigenvalue weighted by atomic mass is 9.92. The Morgan fingerprint density at radius 2 is 1.83 bits per heavy atom. The molecule has 2 heterocycles. The fourth-order valence-electron chi connectivity index (χ4n) is 3.54. The molecule has 4 rings (SSSR count). The molecule has 3 aromatic rings. The number of nitrogens with zero attached hydrogens (tertiary/aromatic N) is 1. The van der Waals surface area contributed by atoms with Crippen molar-refractivity contribution in [2.24, 2.45) is 0 Å². The molecule has 0 amide bonds. The van der Waals surface area contributed by atoms with Crippen molar-refractivity contribution in [2.45, 2.75) is 31.5 Å². The second-order valence-corrected chi connectivity index (χ2v) is 6.28. The van der Waals surface area contributed by atoms with Crippen LogP contribution in [0.5, 0.6) is 0 Å². The number of halogens is 3. The summed E-state index contributed by atoms with van der Waals surface area (Å²) in [5, 5.41) is 5.83. The average Bonchev–Trinajstić information content (AvgIpc) is 2.60. The van der Waals surface area contributed by atoms with Gasteiger partial charge in [-0.1, -0.05) is 42.8 Å². The van der Waals surface area contributed by atoms with Gasteiger partial charge in [-0.15, -0.1) is 0 Å². The molecule has 1 fully saturated rings. The van der Waals surface area contributed by atoms with E-state index in [9.17, 15) is 13.2 Å². The summed E-state index contributed by atoms with van der Waals surface area (Å²) < 4.78 is 40.1. The minimum Gasteiger partial charge on any atom is -0.310 e. The maximum Gasteiger partial charge on any atom is 0.433 e. The first kappa shape index (κ1) is 15.4. The number of piperidine rings is 1. The monoisotopic (exact) mass is 330 g/mol. The van der Waals surface area contributed by atoms with Crippen LogP contribution in [0.15, 0.2) is 42.5 Å². The lowest BCUT2D eigenvalue weighted by Crippen LogP contribution is -2.27. The Balaban J connectivity index is 2.03. The molecule has 1 aromatic heterocycles. The van der Waals surface area contributed by atoms with E-state index < -0.39 is 11.9 Å². The van der Waals surface area contributed by atoms with Crippen LogP contribution in [0.3, 0.4) is 0 Å². The molecule has 2 nitrogen and oxygen atoms in total. The second-order valence-electron chi connectivity index (χ2n) is 6.28. The van der Waals surface area contributed by atoms with Gasteiger partial charge in [0.25, 0.3) is 0 Å². The van der Waals surface area contributed by atoms with E-state index in [4.69, 9.17) is 0 Å². The van der Waals surface area contributed by atoms with Crippen molar-refractivity contribution in [2.75, 3.05) is 6.54 Å². The first-order valence-electron chi connectivity index (χ1n) is 8.17. The first-order valence-corrected chi connectivity index (χ1v) is 8.17. The number of fused-ring (bicyclic) bond motifs is 3. The van der Waals surface area contributed by atoms with E-state index in [0.29, 0.717) is 11.1 Å². The number of benzene rings is 2. The molecule has 1 atom stereocenters. The van der Waals surface area contributed by atoms with Gasteiger partial charge in [-0.25, -0.2) is 4.98 Å². The van der Waals surface area contributed by atoms with Crippen LogP contribution < -0.4 is 5.32 Å². The third-order valence-corrected chi connectivity index (χ3v) is 4.71. The molecule has 0 radical (unpaired) electrons. The number of hydrogen-bond donors (Lipinski definition) is 1. The molecule has 1 N–H and O–H groups in total. The molecule has 0 saturated carbocycles. The molecule has 1 aliphatic rings. The van der Waals surface area contributed by atoms with Crippen LogP contribution in [0.2, 0.25) is 0 Å². The predicted molar refractivity (Wildman–Crippen MR) is 88.8 cm³/mol. The molecular weight excluding hydrogens is 313 g/mol. The smallest absolute Gasteiger partial charge is 0.310 e. The Labute approximate surface area is 137 Å². The van der Waals surface area contributed by atoms with Crippen molar-refractivity contribution in [3.8, 4) is 0 Å². The van der Waals surface area contributed by atoms with Gasteiger partial charge in [-0.3, -0.25) is 0 Å². The van der Waals surface area contributed by atoms with E-state index in [-0.39, 0.29) is 6.04 Å². The van der Waals surface area contributed by atoms with E-state index in [1.165, 1.54) is 6.07 Å². The van der Waals surface area contributed by atoms with Crippen LogP contribution in [-0.2, 0) is 6.18 Å². The van der Waals surface area contributed by atoms with Crippen molar-refractivity contribution in [1.29, 1.82) is 0 Å². The van der Waals surface area contributed by atoms with E-state index in [1.54, 1.807) is 0 Å². The number of nitrogens with one attached hydrogen (secondary N) is 1. The van der Waals surface area contributed by atoms with Crippen LogP contribution in [0.4, 0.5) is 13.2 Å². The van der Waals surface area contributed by atoms with Gasteiger partial charge in [0.1, 0.15) is 5.69 Å². The van der Waals surface area contributed by atoms with Gasteiger partial charge in [0.05, 0.1) is 5.52 Å². The Morgan fingerprint density at radius 3 is 2.58 bits per heavy atom. The minimum atomic E-state index is -4.45. The minimum absolute atomic E-state index is 0.0495. The van der Waals surface area contributed by atoms with Crippen molar-refractivity contribution in [1.82, 2.24) is 10.3 Å². The number of pyridine rings is 1. The summed E-state index contributed by atoms with van der Waals surface area (Å²) in [6, 6.07) is 12.5. The van der Waals surface area contributed by atoms with E-state index in [0.717, 1.165) is 42.0 Å². The van der Waals surface area contributed by atoms with Gasteiger partial charge in [0.2, 0.25) is 0 Å². The van der Waals surface area contributed by atoms with E-state index >= 15 is 0 Å². The third-order valence-electron chi connectivity index (χ3n) is 4.71. The molecule has 1 unspecified atom stereocenters. The lowest BCUT2D eigenvalue weighted by molar-refractivity contribution is -0.141. The van der Waals surface area contributed by atoms with Crippen LogP contribution >= 0.6 is 0 Å². The van der Waals surface area contributed by atoms with Crippen LogP contribution in [0.1, 0.15) is 36.6 Å². The summed E-state index contributed by atoms with van der Waals surface area (Å²) in [4.78, 5) is 3.98. The zero-order valence-electron chi connectivity index (χ0n) is 13.0. The number of alkyl halides is 3. The molecule has 0 spiro atoms.